The second kappa shape index (κ2) is 10.6. The predicted octanol–water partition coefficient (Wildman–Crippen LogP) is 3.77. The molecule has 0 bridgehead atoms. The molecule has 1 aromatic carbocycles. The van der Waals surface area contributed by atoms with Gasteiger partial charge in [0.1, 0.15) is 0 Å². The van der Waals surface area contributed by atoms with Crippen LogP contribution in [-0.2, 0) is 16.3 Å². The number of alkyl halides is 1. The topological polar surface area (TPSA) is 9.23 Å². The Morgan fingerprint density at radius 1 is 1.47 bits per heavy atom. The van der Waals surface area contributed by atoms with Crippen molar-refractivity contribution in [2.45, 2.75) is 19.8 Å². The molecule has 1 aromatic rings. The van der Waals surface area contributed by atoms with Gasteiger partial charge in [-0.15, -0.1) is 12.1 Å². The molecule has 1 rings (SSSR count). The Labute approximate surface area is 107 Å². The maximum atomic E-state index is 11.7. The van der Waals surface area contributed by atoms with E-state index in [9.17, 15) is 4.39 Å². The molecule has 1 nitrogen and oxygen atoms in total. The molecule has 0 aliphatic heterocycles. The zero-order valence-electron chi connectivity index (χ0n) is 8.93. The molecule has 0 heterocycles. The van der Waals surface area contributed by atoms with E-state index in [1.165, 1.54) is 16.3 Å². The van der Waals surface area contributed by atoms with Gasteiger partial charge in [-0.1, -0.05) is 6.92 Å². The van der Waals surface area contributed by atoms with Crippen LogP contribution in [-0.4, -0.2) is 13.3 Å². The molecule has 0 saturated heterocycles. The number of halogens is 2. The number of hydrogen-bond acceptors (Lipinski definition) is 1. The first-order valence-electron chi connectivity index (χ1n) is 4.77. The molecule has 15 heavy (non-hydrogen) atoms. The summed E-state index contributed by atoms with van der Waals surface area (Å²) in [6.45, 7) is 2.30. The van der Waals surface area contributed by atoms with E-state index in [0.29, 0.717) is 13.0 Å². The summed E-state index contributed by atoms with van der Waals surface area (Å²) in [6.07, 6.45) is 1.35. The minimum atomic E-state index is -0.259. The van der Waals surface area contributed by atoms with Crippen molar-refractivity contribution in [3.63, 3.8) is 0 Å². The Kier molecular flexibility index (Phi) is 10.6. The summed E-state index contributed by atoms with van der Waals surface area (Å²) in [5.41, 5.74) is 1.06. The van der Waals surface area contributed by atoms with E-state index < -0.39 is 0 Å². The Hall–Kier alpha value is 0.0534. The maximum absolute atomic E-state index is 11.7. The fourth-order valence-corrected chi connectivity index (χ4v) is 1.03. The fourth-order valence-electron chi connectivity index (χ4n) is 1.03. The van der Waals surface area contributed by atoms with Crippen molar-refractivity contribution in [2.24, 2.45) is 0 Å². The summed E-state index contributed by atoms with van der Waals surface area (Å²) < 4.78 is 17.1. The van der Waals surface area contributed by atoms with Crippen LogP contribution in [0, 0.1) is 13.0 Å². The van der Waals surface area contributed by atoms with Crippen molar-refractivity contribution in [2.75, 3.05) is 13.3 Å². The molecule has 4 heteroatoms. The number of ether oxygens (including phenoxy) is 1. The van der Waals surface area contributed by atoms with Crippen LogP contribution in [0.3, 0.4) is 0 Å². The van der Waals surface area contributed by atoms with Gasteiger partial charge in [-0.25, -0.2) is 0 Å². The first-order valence-corrected chi connectivity index (χ1v) is 11.7. The Morgan fingerprint density at radius 2 is 2.20 bits per heavy atom. The number of aryl methyl sites for hydroxylation is 1. The summed E-state index contributed by atoms with van der Waals surface area (Å²) in [7, 11) is 0. The van der Waals surface area contributed by atoms with E-state index in [1.807, 2.05) is 25.1 Å². The van der Waals surface area contributed by atoms with E-state index >= 15 is 0 Å². The molecule has 0 atom stereocenters. The van der Waals surface area contributed by atoms with Crippen LogP contribution in [0.15, 0.2) is 18.2 Å². The molecule has 0 aliphatic carbocycles. The van der Waals surface area contributed by atoms with Gasteiger partial charge in [-0.2, -0.15) is 17.7 Å². The van der Waals surface area contributed by atoms with Gasteiger partial charge >= 0.3 is 30.0 Å². The molecule has 0 amide bonds. The van der Waals surface area contributed by atoms with E-state index in [-0.39, 0.29) is 6.67 Å². The molecule has 0 fully saturated rings. The third-order valence-electron chi connectivity index (χ3n) is 1.71. The van der Waals surface area contributed by atoms with E-state index in [2.05, 4.69) is 19.7 Å². The van der Waals surface area contributed by atoms with Gasteiger partial charge in [0.15, 0.2) is 0 Å². The SMILES string of the molecule is Cc1[c-]ccc(OCCCCF)c1.[Zn+][Br]. The molecule has 80 valence electrons. The molecule has 0 saturated carbocycles. The minimum absolute atomic E-state index is 0.259. The van der Waals surface area contributed by atoms with Crippen LogP contribution < -0.4 is 4.74 Å². The Morgan fingerprint density at radius 3 is 2.80 bits per heavy atom. The van der Waals surface area contributed by atoms with Gasteiger partial charge in [0.05, 0.1) is 13.3 Å². The number of hydrogen-bond donors (Lipinski definition) is 0. The number of rotatable bonds is 5. The first-order chi connectivity index (χ1) is 7.33. The van der Waals surface area contributed by atoms with Crippen LogP contribution in [0.25, 0.3) is 0 Å². The monoisotopic (exact) mass is 324 g/mol. The van der Waals surface area contributed by atoms with Gasteiger partial charge in [0.2, 0.25) is 0 Å². The summed E-state index contributed by atoms with van der Waals surface area (Å²) >= 11 is 4.25. The van der Waals surface area contributed by atoms with Gasteiger partial charge in [-0.3, -0.25) is 4.39 Å². The van der Waals surface area contributed by atoms with Crippen molar-refractivity contribution < 1.29 is 25.5 Å². The molecule has 0 unspecified atom stereocenters. The van der Waals surface area contributed by atoms with Crippen LogP contribution >= 0.6 is 13.6 Å². The molecule has 0 spiro atoms. The van der Waals surface area contributed by atoms with Gasteiger partial charge in [0.25, 0.3) is 0 Å². The average Bonchev–Trinajstić information content (AvgIpc) is 2.27. The number of unbranched alkanes of at least 4 members (excludes halogenated alkanes) is 1. The molecule has 0 radical (unpaired) electrons. The van der Waals surface area contributed by atoms with E-state index in [0.717, 1.165) is 17.7 Å². The Bertz CT molecular complexity index is 258. The molecule has 0 aliphatic rings. The normalized spacial score (nSPS) is 9.13. The quantitative estimate of drug-likeness (QED) is 0.455. The summed E-state index contributed by atoms with van der Waals surface area (Å²) in [5.74, 6) is 0.843. The van der Waals surface area contributed by atoms with Crippen molar-refractivity contribution in [3.05, 3.63) is 29.8 Å². The van der Waals surface area contributed by atoms with Crippen LogP contribution in [0.2, 0.25) is 0 Å². The molecular formula is C11H14BrFOZn. The molecule has 0 N–H and O–H groups in total. The predicted molar refractivity (Wildman–Crippen MR) is 59.6 cm³/mol. The van der Waals surface area contributed by atoms with E-state index in [4.69, 9.17) is 4.74 Å². The zero-order valence-corrected chi connectivity index (χ0v) is 13.5. The van der Waals surface area contributed by atoms with Crippen molar-refractivity contribution >= 4 is 13.6 Å². The summed E-state index contributed by atoms with van der Waals surface area (Å²) in [4.78, 5) is 0. The third-order valence-corrected chi connectivity index (χ3v) is 1.71. The van der Waals surface area contributed by atoms with Gasteiger partial charge in [0, 0.05) is 5.75 Å². The van der Waals surface area contributed by atoms with Crippen molar-refractivity contribution in [1.82, 2.24) is 0 Å². The van der Waals surface area contributed by atoms with Gasteiger partial charge in [-0.05, 0) is 12.8 Å². The molecule has 0 aromatic heterocycles. The van der Waals surface area contributed by atoms with Crippen LogP contribution in [0.4, 0.5) is 4.39 Å². The third kappa shape index (κ3) is 7.92. The average molecular weight is 327 g/mol. The van der Waals surface area contributed by atoms with Crippen LogP contribution in [0.1, 0.15) is 18.4 Å². The number of benzene rings is 1. The fraction of sp³-hybridized carbons (Fsp3) is 0.455. The van der Waals surface area contributed by atoms with Crippen LogP contribution in [0.5, 0.6) is 5.75 Å². The second-order valence-corrected chi connectivity index (χ2v) is 2.95. The Balaban J connectivity index is 0.000000921. The summed E-state index contributed by atoms with van der Waals surface area (Å²) in [6, 6.07) is 8.66. The zero-order chi connectivity index (χ0) is 11.5. The van der Waals surface area contributed by atoms with E-state index in [1.54, 1.807) is 0 Å². The standard InChI is InChI=1S/C11H14FO.BrH.Zn/c1-10-5-4-6-11(9-10)13-8-3-2-7-12;;/h4,6,9H,2-3,7-8H2,1H3;1H;/q-1;;+2/p-1. The second-order valence-electron chi connectivity index (χ2n) is 2.95. The van der Waals surface area contributed by atoms with Crippen molar-refractivity contribution in [3.8, 4) is 5.75 Å². The molecular weight excluding hydrogens is 312 g/mol. The first kappa shape index (κ1) is 15.1. The van der Waals surface area contributed by atoms with Crippen molar-refractivity contribution in [1.29, 1.82) is 0 Å². The summed E-state index contributed by atoms with van der Waals surface area (Å²) in [5, 5.41) is 0. The van der Waals surface area contributed by atoms with Gasteiger partial charge < -0.3 is 4.74 Å².